The van der Waals surface area contributed by atoms with E-state index in [-0.39, 0.29) is 18.3 Å². The van der Waals surface area contributed by atoms with Crippen LogP contribution >= 0.6 is 0 Å². The summed E-state index contributed by atoms with van der Waals surface area (Å²) < 4.78 is 37.5. The lowest BCUT2D eigenvalue weighted by atomic mass is 9.73. The van der Waals surface area contributed by atoms with Crippen LogP contribution in [0.1, 0.15) is 31.1 Å². The van der Waals surface area contributed by atoms with Crippen molar-refractivity contribution < 1.29 is 22.4 Å². The van der Waals surface area contributed by atoms with Crippen LogP contribution in [-0.2, 0) is 31.6 Å². The molecule has 1 saturated heterocycles. The van der Waals surface area contributed by atoms with Crippen molar-refractivity contribution >= 4 is 27.0 Å². The number of fused-ring (bicyclic) bond motifs is 1. The Morgan fingerprint density at radius 2 is 1.73 bits per heavy atom. The summed E-state index contributed by atoms with van der Waals surface area (Å²) in [7, 11) is -3.28. The van der Waals surface area contributed by atoms with Crippen LogP contribution in [0, 0.1) is 0 Å². The van der Waals surface area contributed by atoms with Crippen LogP contribution in [0.2, 0.25) is 0 Å². The Hall–Kier alpha value is -2.64. The smallest absolute Gasteiger partial charge is 0.317 e. The van der Waals surface area contributed by atoms with E-state index in [2.05, 4.69) is 0 Å². The molecule has 0 spiro atoms. The van der Waals surface area contributed by atoms with Crippen molar-refractivity contribution in [3.63, 3.8) is 0 Å². The normalized spacial score (nSPS) is 17.1. The van der Waals surface area contributed by atoms with Crippen LogP contribution in [0.15, 0.2) is 65.1 Å². The highest BCUT2D eigenvalue weighted by Gasteiger charge is 2.46. The number of hydrogen-bond acceptors (Lipinski definition) is 5. The number of benzene rings is 2. The number of piperidine rings is 1. The van der Waals surface area contributed by atoms with E-state index >= 15 is 0 Å². The fourth-order valence-corrected chi connectivity index (χ4v) is 5.18. The number of carbonyl (C=O) groups excluding carboxylic acids is 1. The second-order valence-corrected chi connectivity index (χ2v) is 9.83. The quantitative estimate of drug-likeness (QED) is 0.559. The predicted octanol–water partition coefficient (Wildman–Crippen LogP) is 3.86. The Morgan fingerprint density at radius 3 is 2.40 bits per heavy atom. The molecule has 1 aliphatic rings. The molecule has 158 valence electrons. The number of rotatable bonds is 6. The molecule has 2 heterocycles. The number of ether oxygens (including phenoxy) is 1. The molecule has 2 aromatic carbocycles. The Labute approximate surface area is 176 Å². The second kappa shape index (κ2) is 8.24. The third-order valence-electron chi connectivity index (χ3n) is 5.87. The van der Waals surface area contributed by atoms with Gasteiger partial charge >= 0.3 is 5.97 Å². The summed E-state index contributed by atoms with van der Waals surface area (Å²) in [5.41, 5.74) is 0.736. The van der Waals surface area contributed by atoms with E-state index < -0.39 is 15.4 Å². The molecule has 3 aromatic rings. The van der Waals surface area contributed by atoms with E-state index in [0.717, 1.165) is 16.5 Å². The Kier molecular flexibility index (Phi) is 5.66. The summed E-state index contributed by atoms with van der Waals surface area (Å²) in [6, 6.07) is 19.0. The molecule has 7 heteroatoms. The largest absolute Gasteiger partial charge is 0.457 e. The van der Waals surface area contributed by atoms with Crippen LogP contribution in [-0.4, -0.2) is 37.5 Å². The summed E-state index contributed by atoms with van der Waals surface area (Å²) >= 11 is 0. The minimum atomic E-state index is -3.28. The molecule has 0 aliphatic carbocycles. The van der Waals surface area contributed by atoms with Crippen molar-refractivity contribution in [2.75, 3.05) is 18.8 Å². The predicted molar refractivity (Wildman–Crippen MR) is 114 cm³/mol. The second-order valence-electron chi connectivity index (χ2n) is 7.57. The van der Waals surface area contributed by atoms with Crippen molar-refractivity contribution in [2.45, 2.75) is 31.8 Å². The average Bonchev–Trinajstić information content (AvgIpc) is 3.21. The average molecular weight is 428 g/mol. The van der Waals surface area contributed by atoms with Crippen LogP contribution in [0.3, 0.4) is 0 Å². The zero-order chi connectivity index (χ0) is 21.2. The summed E-state index contributed by atoms with van der Waals surface area (Å²) in [5, 5.41) is 0.958. The molecule has 0 N–H and O–H groups in total. The Bertz CT molecular complexity index is 1100. The van der Waals surface area contributed by atoms with Crippen molar-refractivity contribution in [3.05, 3.63) is 72.0 Å². The van der Waals surface area contributed by atoms with Gasteiger partial charge in [0.25, 0.3) is 0 Å². The molecule has 0 atom stereocenters. The third-order valence-corrected chi connectivity index (χ3v) is 7.75. The standard InChI is InChI=1S/C23H25NO5S/c1-2-30(26,27)24-14-12-23(13-15-24,19-9-4-3-5-10-19)22(25)28-17-20-16-18-8-6-7-11-21(18)29-20/h3-11,16H,2,12-15,17H2,1H3. The van der Waals surface area contributed by atoms with Crippen LogP contribution < -0.4 is 0 Å². The van der Waals surface area contributed by atoms with Gasteiger partial charge in [0, 0.05) is 18.5 Å². The molecule has 0 unspecified atom stereocenters. The van der Waals surface area contributed by atoms with E-state index in [1.165, 1.54) is 4.31 Å². The van der Waals surface area contributed by atoms with E-state index in [0.29, 0.717) is 31.7 Å². The molecule has 6 nitrogen and oxygen atoms in total. The molecular formula is C23H25NO5S. The van der Waals surface area contributed by atoms with Crippen LogP contribution in [0.4, 0.5) is 0 Å². The van der Waals surface area contributed by atoms with Gasteiger partial charge in [-0.3, -0.25) is 4.79 Å². The molecule has 0 bridgehead atoms. The molecule has 0 saturated carbocycles. The highest BCUT2D eigenvalue weighted by molar-refractivity contribution is 7.89. The number of nitrogens with zero attached hydrogens (tertiary/aromatic N) is 1. The molecule has 4 rings (SSSR count). The van der Waals surface area contributed by atoms with Crippen molar-refractivity contribution in [1.82, 2.24) is 4.31 Å². The van der Waals surface area contributed by atoms with Gasteiger partial charge in [-0.25, -0.2) is 12.7 Å². The zero-order valence-electron chi connectivity index (χ0n) is 16.9. The number of sulfonamides is 1. The molecule has 0 radical (unpaired) electrons. The van der Waals surface area contributed by atoms with Crippen LogP contribution in [0.5, 0.6) is 0 Å². The first-order valence-corrected chi connectivity index (χ1v) is 11.7. The monoisotopic (exact) mass is 427 g/mol. The number of carbonyl (C=O) groups is 1. The van der Waals surface area contributed by atoms with Gasteiger partial charge in [-0.05, 0) is 37.5 Å². The fourth-order valence-electron chi connectivity index (χ4n) is 4.08. The van der Waals surface area contributed by atoms with Gasteiger partial charge in [-0.2, -0.15) is 0 Å². The fraction of sp³-hybridized carbons (Fsp3) is 0.348. The van der Waals surface area contributed by atoms with Gasteiger partial charge in [0.2, 0.25) is 10.0 Å². The van der Waals surface area contributed by atoms with E-state index in [4.69, 9.17) is 9.15 Å². The first-order chi connectivity index (χ1) is 14.4. The first-order valence-electron chi connectivity index (χ1n) is 10.1. The minimum absolute atomic E-state index is 0.0407. The van der Waals surface area contributed by atoms with Gasteiger partial charge in [0.1, 0.15) is 18.0 Å². The number of hydrogen-bond donors (Lipinski definition) is 0. The maximum Gasteiger partial charge on any atom is 0.317 e. The van der Waals surface area contributed by atoms with E-state index in [1.807, 2.05) is 60.7 Å². The lowest BCUT2D eigenvalue weighted by molar-refractivity contribution is -0.154. The molecule has 1 aromatic heterocycles. The van der Waals surface area contributed by atoms with E-state index in [9.17, 15) is 13.2 Å². The summed E-state index contributed by atoms with van der Waals surface area (Å²) in [6.45, 7) is 2.27. The summed E-state index contributed by atoms with van der Waals surface area (Å²) in [4.78, 5) is 13.3. The van der Waals surface area contributed by atoms with E-state index in [1.54, 1.807) is 6.92 Å². The van der Waals surface area contributed by atoms with Gasteiger partial charge in [0.15, 0.2) is 0 Å². The maximum absolute atomic E-state index is 13.3. The van der Waals surface area contributed by atoms with Gasteiger partial charge in [0.05, 0.1) is 11.2 Å². The van der Waals surface area contributed by atoms with Gasteiger partial charge in [-0.1, -0.05) is 48.5 Å². The molecule has 1 fully saturated rings. The minimum Gasteiger partial charge on any atom is -0.457 e. The topological polar surface area (TPSA) is 76.8 Å². The van der Waals surface area contributed by atoms with Crippen molar-refractivity contribution in [1.29, 1.82) is 0 Å². The Balaban J connectivity index is 1.55. The molecule has 30 heavy (non-hydrogen) atoms. The highest BCUT2D eigenvalue weighted by atomic mass is 32.2. The zero-order valence-corrected chi connectivity index (χ0v) is 17.7. The molecule has 1 aliphatic heterocycles. The molecule has 0 amide bonds. The van der Waals surface area contributed by atoms with Gasteiger partial charge < -0.3 is 9.15 Å². The number of esters is 1. The van der Waals surface area contributed by atoms with Crippen molar-refractivity contribution in [2.24, 2.45) is 0 Å². The number of furan rings is 1. The van der Waals surface area contributed by atoms with Gasteiger partial charge in [-0.15, -0.1) is 0 Å². The number of para-hydroxylation sites is 1. The molecular weight excluding hydrogens is 402 g/mol. The Morgan fingerprint density at radius 1 is 1.07 bits per heavy atom. The first kappa shape index (κ1) is 20.6. The lowest BCUT2D eigenvalue weighted by Gasteiger charge is -2.39. The van der Waals surface area contributed by atoms with Crippen molar-refractivity contribution in [3.8, 4) is 0 Å². The summed E-state index contributed by atoms with van der Waals surface area (Å²) in [6.07, 6.45) is 0.768. The lowest BCUT2D eigenvalue weighted by Crippen LogP contribution is -2.49. The highest BCUT2D eigenvalue weighted by Crippen LogP contribution is 2.38. The maximum atomic E-state index is 13.3. The third kappa shape index (κ3) is 3.87. The summed E-state index contributed by atoms with van der Waals surface area (Å²) in [5.74, 6) is 0.295. The SMILES string of the molecule is CCS(=O)(=O)N1CCC(C(=O)OCc2cc3ccccc3o2)(c2ccccc2)CC1. The van der Waals surface area contributed by atoms with Crippen LogP contribution in [0.25, 0.3) is 11.0 Å².